The first kappa shape index (κ1) is 18.4. The number of thiazole rings is 2. The SMILES string of the molecule is FC(F)(F)c1cnc(N2CCN(Cc3csc(-c4ccccc4)n3)CC2)s1. The minimum Gasteiger partial charge on any atom is -0.346 e. The van der Waals surface area contributed by atoms with Crippen LogP contribution >= 0.6 is 22.7 Å². The summed E-state index contributed by atoms with van der Waals surface area (Å²) in [7, 11) is 0. The summed E-state index contributed by atoms with van der Waals surface area (Å²) in [5, 5.41) is 3.53. The van der Waals surface area contributed by atoms with Crippen LogP contribution in [0.5, 0.6) is 0 Å². The highest BCUT2D eigenvalue weighted by Gasteiger charge is 2.34. The standard InChI is InChI=1S/C18H17F3N4S2/c19-18(20,21)15-10-22-17(27-15)25-8-6-24(7-9-25)11-14-12-26-16(23-14)13-4-2-1-3-5-13/h1-5,10,12H,6-9,11H2. The molecular formula is C18H17F3N4S2. The van der Waals surface area contributed by atoms with Gasteiger partial charge >= 0.3 is 6.18 Å². The summed E-state index contributed by atoms with van der Waals surface area (Å²) in [5.41, 5.74) is 2.14. The van der Waals surface area contributed by atoms with Crippen LogP contribution in [0.1, 0.15) is 10.6 Å². The van der Waals surface area contributed by atoms with Gasteiger partial charge in [-0.05, 0) is 0 Å². The van der Waals surface area contributed by atoms with Crippen LogP contribution in [0.4, 0.5) is 18.3 Å². The number of aromatic nitrogens is 2. The van der Waals surface area contributed by atoms with Crippen LogP contribution in [0.3, 0.4) is 0 Å². The summed E-state index contributed by atoms with van der Waals surface area (Å²) in [5.74, 6) is 0. The average Bonchev–Trinajstić information content (AvgIpc) is 3.33. The molecule has 1 aliphatic heterocycles. The smallest absolute Gasteiger partial charge is 0.346 e. The Morgan fingerprint density at radius 3 is 2.44 bits per heavy atom. The van der Waals surface area contributed by atoms with E-state index in [9.17, 15) is 13.2 Å². The van der Waals surface area contributed by atoms with E-state index < -0.39 is 11.1 Å². The van der Waals surface area contributed by atoms with E-state index in [0.717, 1.165) is 42.1 Å². The Kier molecular flexibility index (Phi) is 5.16. The lowest BCUT2D eigenvalue weighted by molar-refractivity contribution is -0.134. The van der Waals surface area contributed by atoms with E-state index in [1.807, 2.05) is 35.2 Å². The van der Waals surface area contributed by atoms with Crippen molar-refractivity contribution in [2.75, 3.05) is 31.1 Å². The second-order valence-electron chi connectivity index (χ2n) is 6.28. The van der Waals surface area contributed by atoms with Crippen molar-refractivity contribution >= 4 is 27.8 Å². The molecule has 3 aromatic rings. The Balaban J connectivity index is 1.34. The van der Waals surface area contributed by atoms with Crippen LogP contribution in [0.15, 0.2) is 41.9 Å². The van der Waals surface area contributed by atoms with E-state index in [0.29, 0.717) is 29.6 Å². The van der Waals surface area contributed by atoms with E-state index in [2.05, 4.69) is 15.3 Å². The van der Waals surface area contributed by atoms with Gasteiger partial charge in [-0.25, -0.2) is 9.97 Å². The highest BCUT2D eigenvalue weighted by atomic mass is 32.1. The topological polar surface area (TPSA) is 32.3 Å². The number of benzene rings is 1. The van der Waals surface area contributed by atoms with Crippen molar-refractivity contribution in [3.63, 3.8) is 0 Å². The lowest BCUT2D eigenvalue weighted by atomic mass is 10.2. The van der Waals surface area contributed by atoms with E-state index in [1.54, 1.807) is 11.3 Å². The molecule has 0 amide bonds. The molecule has 1 saturated heterocycles. The van der Waals surface area contributed by atoms with Gasteiger partial charge in [-0.1, -0.05) is 41.7 Å². The van der Waals surface area contributed by atoms with Crippen LogP contribution in [0.2, 0.25) is 0 Å². The van der Waals surface area contributed by atoms with Gasteiger partial charge in [-0.3, -0.25) is 4.90 Å². The Morgan fingerprint density at radius 2 is 1.78 bits per heavy atom. The van der Waals surface area contributed by atoms with Gasteiger partial charge in [0.1, 0.15) is 9.88 Å². The molecular weight excluding hydrogens is 393 g/mol. The van der Waals surface area contributed by atoms with Gasteiger partial charge in [0.2, 0.25) is 0 Å². The Morgan fingerprint density at radius 1 is 1.04 bits per heavy atom. The average molecular weight is 410 g/mol. The van der Waals surface area contributed by atoms with Crippen molar-refractivity contribution < 1.29 is 13.2 Å². The molecule has 1 fully saturated rings. The minimum atomic E-state index is -4.32. The first-order chi connectivity index (χ1) is 13.0. The fourth-order valence-electron chi connectivity index (χ4n) is 2.96. The molecule has 0 bridgehead atoms. The summed E-state index contributed by atoms with van der Waals surface area (Å²) in [6, 6.07) is 10.1. The van der Waals surface area contributed by atoms with Gasteiger partial charge < -0.3 is 4.90 Å². The molecule has 0 aliphatic carbocycles. The van der Waals surface area contributed by atoms with Gasteiger partial charge in [0, 0.05) is 43.7 Å². The molecule has 0 unspecified atom stereocenters. The van der Waals surface area contributed by atoms with Crippen molar-refractivity contribution in [3.8, 4) is 10.6 Å². The number of halogens is 3. The number of piperazine rings is 1. The maximum absolute atomic E-state index is 12.7. The van der Waals surface area contributed by atoms with Crippen molar-refractivity contribution in [3.05, 3.63) is 52.5 Å². The van der Waals surface area contributed by atoms with Crippen LogP contribution in [0, 0.1) is 0 Å². The predicted molar refractivity (Wildman–Crippen MR) is 102 cm³/mol. The van der Waals surface area contributed by atoms with Gasteiger partial charge in [0.15, 0.2) is 5.13 Å². The molecule has 27 heavy (non-hydrogen) atoms. The lowest BCUT2D eigenvalue weighted by Gasteiger charge is -2.34. The van der Waals surface area contributed by atoms with E-state index in [1.165, 1.54) is 0 Å². The minimum absolute atomic E-state index is 0.446. The van der Waals surface area contributed by atoms with E-state index in [4.69, 9.17) is 4.98 Å². The summed E-state index contributed by atoms with van der Waals surface area (Å²) in [4.78, 5) is 12.2. The molecule has 4 rings (SSSR count). The fourth-order valence-corrected chi connectivity index (χ4v) is 4.61. The molecule has 0 spiro atoms. The van der Waals surface area contributed by atoms with Gasteiger partial charge in [0.25, 0.3) is 0 Å². The number of anilines is 1. The molecule has 4 nitrogen and oxygen atoms in total. The highest BCUT2D eigenvalue weighted by Crippen LogP contribution is 2.36. The first-order valence-electron chi connectivity index (χ1n) is 8.49. The number of hydrogen-bond donors (Lipinski definition) is 0. The van der Waals surface area contributed by atoms with Crippen LogP contribution < -0.4 is 4.90 Å². The molecule has 0 atom stereocenters. The number of nitrogens with zero attached hydrogens (tertiary/aromatic N) is 4. The van der Waals surface area contributed by atoms with Crippen molar-refractivity contribution in [1.82, 2.24) is 14.9 Å². The Labute approximate surface area is 162 Å². The monoisotopic (exact) mass is 410 g/mol. The second-order valence-corrected chi connectivity index (χ2v) is 8.15. The number of hydrogen-bond acceptors (Lipinski definition) is 6. The van der Waals surface area contributed by atoms with Crippen LogP contribution in [0.25, 0.3) is 10.6 Å². The molecule has 0 N–H and O–H groups in total. The van der Waals surface area contributed by atoms with Crippen LogP contribution in [-0.4, -0.2) is 41.0 Å². The fraction of sp³-hybridized carbons (Fsp3) is 0.333. The summed E-state index contributed by atoms with van der Waals surface area (Å²) < 4.78 is 38.2. The maximum Gasteiger partial charge on any atom is 0.427 e. The van der Waals surface area contributed by atoms with E-state index in [-0.39, 0.29) is 0 Å². The van der Waals surface area contributed by atoms with E-state index >= 15 is 0 Å². The number of rotatable bonds is 4. The number of alkyl halides is 3. The van der Waals surface area contributed by atoms with Gasteiger partial charge in [0.05, 0.1) is 11.9 Å². The molecule has 3 heterocycles. The zero-order valence-corrected chi connectivity index (χ0v) is 15.9. The largest absolute Gasteiger partial charge is 0.427 e. The zero-order chi connectivity index (χ0) is 18.9. The van der Waals surface area contributed by atoms with Crippen molar-refractivity contribution in [2.24, 2.45) is 0 Å². The zero-order valence-electron chi connectivity index (χ0n) is 14.3. The first-order valence-corrected chi connectivity index (χ1v) is 10.2. The lowest BCUT2D eigenvalue weighted by Crippen LogP contribution is -2.46. The normalized spacial score (nSPS) is 16.0. The van der Waals surface area contributed by atoms with Gasteiger partial charge in [-0.2, -0.15) is 13.2 Å². The Bertz CT molecular complexity index is 883. The van der Waals surface area contributed by atoms with Crippen molar-refractivity contribution in [2.45, 2.75) is 12.7 Å². The van der Waals surface area contributed by atoms with Gasteiger partial charge in [-0.15, -0.1) is 11.3 Å². The highest BCUT2D eigenvalue weighted by molar-refractivity contribution is 7.15. The molecule has 2 aromatic heterocycles. The molecule has 142 valence electrons. The third kappa shape index (κ3) is 4.31. The van der Waals surface area contributed by atoms with Crippen molar-refractivity contribution in [1.29, 1.82) is 0 Å². The molecule has 1 aliphatic rings. The maximum atomic E-state index is 12.7. The third-order valence-electron chi connectivity index (χ3n) is 4.37. The predicted octanol–water partition coefficient (Wildman–Crippen LogP) is 4.61. The Hall–Kier alpha value is -1.97. The summed E-state index contributed by atoms with van der Waals surface area (Å²) in [6.45, 7) is 3.64. The molecule has 1 aromatic carbocycles. The third-order valence-corrected chi connectivity index (χ3v) is 6.42. The summed E-state index contributed by atoms with van der Waals surface area (Å²) in [6.07, 6.45) is -3.40. The summed E-state index contributed by atoms with van der Waals surface area (Å²) >= 11 is 2.34. The quantitative estimate of drug-likeness (QED) is 0.629. The second kappa shape index (κ2) is 7.57. The molecule has 0 radical (unpaired) electrons. The van der Waals surface area contributed by atoms with Crippen LogP contribution in [-0.2, 0) is 12.7 Å². The molecule has 9 heteroatoms. The molecule has 0 saturated carbocycles.